The van der Waals surface area contributed by atoms with Crippen molar-refractivity contribution in [1.29, 1.82) is 0 Å². The Labute approximate surface area is 92.3 Å². The van der Waals surface area contributed by atoms with Gasteiger partial charge in [0.05, 0.1) is 19.8 Å². The lowest BCUT2D eigenvalue weighted by Gasteiger charge is -2.15. The molecule has 0 amide bonds. The summed E-state index contributed by atoms with van der Waals surface area (Å²) in [4.78, 5) is 27.5. The first-order valence-corrected chi connectivity index (χ1v) is 5.97. The average Bonchev–Trinajstić information content (AvgIpc) is 2.21. The number of aliphatic hydroxyl groups excluding tert-OH is 1. The number of carbonyl (C=O) groups excluding carboxylic acids is 1. The van der Waals surface area contributed by atoms with Crippen molar-refractivity contribution in [2.75, 3.05) is 33.5 Å². The van der Waals surface area contributed by atoms with Gasteiger partial charge in [0.1, 0.15) is 12.7 Å². The van der Waals surface area contributed by atoms with E-state index in [9.17, 15) is 9.36 Å². The molecular weight excluding hydrogens is 243 g/mol. The topological polar surface area (TPSA) is 123 Å². The van der Waals surface area contributed by atoms with Gasteiger partial charge in [0.2, 0.25) is 0 Å². The van der Waals surface area contributed by atoms with Crippen molar-refractivity contribution in [3.63, 3.8) is 0 Å². The van der Waals surface area contributed by atoms with Crippen molar-refractivity contribution in [1.82, 2.24) is 0 Å². The van der Waals surface area contributed by atoms with Gasteiger partial charge in [0.25, 0.3) is 0 Å². The van der Waals surface area contributed by atoms with E-state index in [2.05, 4.69) is 4.74 Å². The summed E-state index contributed by atoms with van der Waals surface area (Å²) in [6.07, 6.45) is -0.637. The number of ether oxygens (including phenoxy) is 3. The molecular formula is C7H15O8P. The zero-order valence-electron chi connectivity index (χ0n) is 8.74. The van der Waals surface area contributed by atoms with Gasteiger partial charge in [-0.2, -0.15) is 0 Å². The summed E-state index contributed by atoms with van der Waals surface area (Å²) >= 11 is 0. The Morgan fingerprint density at radius 3 is 2.44 bits per heavy atom. The molecule has 0 heterocycles. The largest absolute Gasteiger partial charge is 0.454 e. The number of methoxy groups -OCH3 is 1. The van der Waals surface area contributed by atoms with Crippen LogP contribution in [-0.4, -0.2) is 60.2 Å². The standard InChI is InChI=1S/C7H15O8P/c1-13-6(4-14-3-2-8)5-15-7(9)16(10,11)12/h6,8H,2-5H2,1H3,(H2,10,11,12). The molecule has 0 aromatic heterocycles. The van der Waals surface area contributed by atoms with Gasteiger partial charge in [-0.15, -0.1) is 0 Å². The third kappa shape index (κ3) is 6.89. The minimum absolute atomic E-state index is 0.0471. The molecule has 96 valence electrons. The van der Waals surface area contributed by atoms with Gasteiger partial charge in [-0.25, -0.2) is 9.36 Å². The Hall–Kier alpha value is -0.500. The van der Waals surface area contributed by atoms with Crippen LogP contribution in [0.5, 0.6) is 0 Å². The number of hydrogen-bond acceptors (Lipinski definition) is 6. The molecule has 3 N–H and O–H groups in total. The van der Waals surface area contributed by atoms with Crippen molar-refractivity contribution >= 4 is 13.3 Å². The van der Waals surface area contributed by atoms with Gasteiger partial charge in [0.15, 0.2) is 0 Å². The second-order valence-electron chi connectivity index (χ2n) is 2.78. The van der Waals surface area contributed by atoms with E-state index in [0.717, 1.165) is 0 Å². The first-order chi connectivity index (χ1) is 7.41. The first kappa shape index (κ1) is 15.5. The van der Waals surface area contributed by atoms with Gasteiger partial charge in [0, 0.05) is 7.11 Å². The zero-order chi connectivity index (χ0) is 12.6. The van der Waals surface area contributed by atoms with E-state index in [-0.39, 0.29) is 26.4 Å². The fraction of sp³-hybridized carbons (Fsp3) is 0.857. The van der Waals surface area contributed by atoms with Crippen LogP contribution in [0.3, 0.4) is 0 Å². The molecule has 0 fully saturated rings. The Bertz CT molecular complexity index is 249. The fourth-order valence-electron chi connectivity index (χ4n) is 0.712. The third-order valence-corrected chi connectivity index (χ3v) is 2.11. The summed E-state index contributed by atoms with van der Waals surface area (Å²) in [5, 5.41) is 8.42. The summed E-state index contributed by atoms with van der Waals surface area (Å²) in [6.45, 7) is -0.331. The zero-order valence-corrected chi connectivity index (χ0v) is 9.63. The molecule has 9 heteroatoms. The SMILES string of the molecule is COC(COCCO)COC(=O)P(=O)(O)O. The van der Waals surface area contributed by atoms with Gasteiger partial charge in [-0.05, 0) is 0 Å². The number of hydrogen-bond donors (Lipinski definition) is 3. The summed E-state index contributed by atoms with van der Waals surface area (Å²) in [7, 11) is -3.52. The lowest BCUT2D eigenvalue weighted by molar-refractivity contribution is -0.0281. The van der Waals surface area contributed by atoms with Crippen LogP contribution in [-0.2, 0) is 18.8 Å². The van der Waals surface area contributed by atoms with Crippen molar-refractivity contribution in [2.45, 2.75) is 6.10 Å². The molecule has 0 aliphatic rings. The third-order valence-electron chi connectivity index (χ3n) is 1.50. The maximum atomic E-state index is 10.7. The van der Waals surface area contributed by atoms with E-state index in [1.165, 1.54) is 7.11 Å². The number of carbonyl (C=O) groups is 1. The minimum Gasteiger partial charge on any atom is -0.454 e. The van der Waals surface area contributed by atoms with Crippen LogP contribution in [0.25, 0.3) is 0 Å². The quantitative estimate of drug-likeness (QED) is 0.386. The Morgan fingerprint density at radius 1 is 1.38 bits per heavy atom. The maximum Gasteiger partial charge on any atom is 0.433 e. The van der Waals surface area contributed by atoms with Crippen molar-refractivity contribution < 1.29 is 38.5 Å². The smallest absolute Gasteiger partial charge is 0.433 e. The molecule has 0 spiro atoms. The molecule has 0 aromatic carbocycles. The molecule has 0 radical (unpaired) electrons. The Morgan fingerprint density at radius 2 is 2.00 bits per heavy atom. The summed E-state index contributed by atoms with van der Waals surface area (Å²) in [5.41, 5.74) is -1.60. The number of rotatable bonds is 8. The molecule has 0 aliphatic heterocycles. The van der Waals surface area contributed by atoms with Crippen molar-refractivity contribution in [3.8, 4) is 0 Å². The first-order valence-electron chi connectivity index (χ1n) is 4.36. The predicted octanol–water partition coefficient (Wildman–Crippen LogP) is -0.675. The lowest BCUT2D eigenvalue weighted by Crippen LogP contribution is -2.26. The highest BCUT2D eigenvalue weighted by Gasteiger charge is 2.28. The van der Waals surface area contributed by atoms with Crippen molar-refractivity contribution in [3.05, 3.63) is 0 Å². The molecule has 0 saturated carbocycles. The molecule has 0 aliphatic carbocycles. The minimum atomic E-state index is -4.85. The highest BCUT2D eigenvalue weighted by molar-refractivity contribution is 7.69. The van der Waals surface area contributed by atoms with E-state index in [0.29, 0.717) is 0 Å². The van der Waals surface area contributed by atoms with Gasteiger partial charge < -0.3 is 29.1 Å². The van der Waals surface area contributed by atoms with Crippen LogP contribution >= 0.6 is 7.60 Å². The highest BCUT2D eigenvalue weighted by atomic mass is 31.2. The van der Waals surface area contributed by atoms with E-state index in [4.69, 9.17) is 24.4 Å². The van der Waals surface area contributed by atoms with Crippen LogP contribution in [0.2, 0.25) is 0 Å². The Balaban J connectivity index is 3.87. The number of aliphatic hydroxyl groups is 1. The summed E-state index contributed by atoms with van der Waals surface area (Å²) < 4.78 is 24.4. The van der Waals surface area contributed by atoms with Crippen molar-refractivity contribution in [2.24, 2.45) is 0 Å². The predicted molar refractivity (Wildman–Crippen MR) is 52.1 cm³/mol. The van der Waals surface area contributed by atoms with Gasteiger partial charge in [-0.1, -0.05) is 0 Å². The van der Waals surface area contributed by atoms with E-state index in [1.54, 1.807) is 0 Å². The van der Waals surface area contributed by atoms with Crippen LogP contribution in [0.15, 0.2) is 0 Å². The molecule has 1 atom stereocenters. The van der Waals surface area contributed by atoms with E-state index in [1.807, 2.05) is 0 Å². The average molecular weight is 258 g/mol. The summed E-state index contributed by atoms with van der Waals surface area (Å²) in [6, 6.07) is 0. The lowest BCUT2D eigenvalue weighted by atomic mass is 10.4. The highest BCUT2D eigenvalue weighted by Crippen LogP contribution is 2.36. The van der Waals surface area contributed by atoms with E-state index >= 15 is 0 Å². The van der Waals surface area contributed by atoms with Crippen LogP contribution in [0.4, 0.5) is 4.79 Å². The molecule has 0 saturated heterocycles. The monoisotopic (exact) mass is 258 g/mol. The van der Waals surface area contributed by atoms with Gasteiger partial charge in [-0.3, -0.25) is 0 Å². The second-order valence-corrected chi connectivity index (χ2v) is 4.23. The molecule has 8 nitrogen and oxygen atoms in total. The molecule has 16 heavy (non-hydrogen) atoms. The van der Waals surface area contributed by atoms with Crippen LogP contribution in [0.1, 0.15) is 0 Å². The van der Waals surface area contributed by atoms with Crippen LogP contribution < -0.4 is 0 Å². The normalized spacial score (nSPS) is 13.5. The molecule has 0 bridgehead atoms. The van der Waals surface area contributed by atoms with Gasteiger partial charge >= 0.3 is 13.3 Å². The second kappa shape index (κ2) is 7.72. The molecule has 0 aromatic rings. The molecule has 0 rings (SSSR count). The fourth-order valence-corrected chi connectivity index (χ4v) is 0.955. The Kier molecular flexibility index (Phi) is 7.48. The molecule has 1 unspecified atom stereocenters. The summed E-state index contributed by atoms with van der Waals surface area (Å²) in [5.74, 6) is 0. The maximum absolute atomic E-state index is 10.7. The van der Waals surface area contributed by atoms with E-state index < -0.39 is 19.4 Å². The van der Waals surface area contributed by atoms with Crippen LogP contribution in [0, 0.1) is 0 Å².